The zero-order valence-electron chi connectivity index (χ0n) is 11.5. The number of halogens is 1. The van der Waals surface area contributed by atoms with Gasteiger partial charge in [0.2, 0.25) is 0 Å². The molecule has 0 bridgehead atoms. The van der Waals surface area contributed by atoms with Crippen molar-refractivity contribution in [2.45, 2.75) is 27.3 Å². The second kappa shape index (κ2) is 6.86. The summed E-state index contributed by atoms with van der Waals surface area (Å²) in [6.45, 7) is 8.10. The highest BCUT2D eigenvalue weighted by molar-refractivity contribution is 6.30. The number of ether oxygens (including phenoxy) is 1. The summed E-state index contributed by atoms with van der Waals surface area (Å²) in [4.78, 5) is 0. The zero-order chi connectivity index (χ0) is 13.7. The van der Waals surface area contributed by atoms with E-state index in [0.29, 0.717) is 29.2 Å². The standard InChI is InChI=1S/C14H22ClNO2/c1-9(2)10(3)7-16-8-11-5-12(15)6-13(18-4)14(11)17/h5-6,9-10,16-17H,7-8H2,1-4H3. The van der Waals surface area contributed by atoms with Crippen molar-refractivity contribution < 1.29 is 9.84 Å². The number of hydrogen-bond donors (Lipinski definition) is 2. The van der Waals surface area contributed by atoms with Gasteiger partial charge in [0, 0.05) is 23.2 Å². The number of methoxy groups -OCH3 is 1. The van der Waals surface area contributed by atoms with Gasteiger partial charge in [0.25, 0.3) is 0 Å². The first-order chi connectivity index (χ1) is 8.45. The van der Waals surface area contributed by atoms with Crippen molar-refractivity contribution in [1.82, 2.24) is 5.32 Å². The lowest BCUT2D eigenvalue weighted by atomic mass is 9.98. The normalized spacial score (nSPS) is 12.8. The minimum Gasteiger partial charge on any atom is -0.504 e. The van der Waals surface area contributed by atoms with Crippen LogP contribution in [-0.2, 0) is 6.54 Å². The fourth-order valence-electron chi connectivity index (χ4n) is 1.59. The van der Waals surface area contributed by atoms with Crippen LogP contribution >= 0.6 is 11.6 Å². The molecule has 0 aliphatic carbocycles. The summed E-state index contributed by atoms with van der Waals surface area (Å²) < 4.78 is 5.07. The first-order valence-electron chi connectivity index (χ1n) is 6.21. The van der Waals surface area contributed by atoms with Crippen molar-refractivity contribution in [3.63, 3.8) is 0 Å². The van der Waals surface area contributed by atoms with Gasteiger partial charge < -0.3 is 15.2 Å². The third-order valence-electron chi connectivity index (χ3n) is 3.26. The molecule has 0 saturated heterocycles. The monoisotopic (exact) mass is 271 g/mol. The van der Waals surface area contributed by atoms with Crippen molar-refractivity contribution in [1.29, 1.82) is 0 Å². The SMILES string of the molecule is COc1cc(Cl)cc(CNCC(C)C(C)C)c1O. The van der Waals surface area contributed by atoms with Crippen LogP contribution in [0.25, 0.3) is 0 Å². The number of phenols is 1. The molecule has 0 fully saturated rings. The van der Waals surface area contributed by atoms with Gasteiger partial charge >= 0.3 is 0 Å². The second-order valence-electron chi connectivity index (χ2n) is 4.97. The van der Waals surface area contributed by atoms with Gasteiger partial charge in [-0.25, -0.2) is 0 Å². The van der Waals surface area contributed by atoms with E-state index in [-0.39, 0.29) is 5.75 Å². The van der Waals surface area contributed by atoms with E-state index >= 15 is 0 Å². The zero-order valence-corrected chi connectivity index (χ0v) is 12.2. The van der Waals surface area contributed by atoms with Crippen LogP contribution in [-0.4, -0.2) is 18.8 Å². The van der Waals surface area contributed by atoms with Crippen LogP contribution in [0.4, 0.5) is 0 Å². The number of phenolic OH excluding ortho intramolecular Hbond substituents is 1. The third kappa shape index (κ3) is 4.07. The van der Waals surface area contributed by atoms with Crippen LogP contribution in [0.3, 0.4) is 0 Å². The molecule has 1 atom stereocenters. The summed E-state index contributed by atoms with van der Waals surface area (Å²) in [5.74, 6) is 1.80. The largest absolute Gasteiger partial charge is 0.504 e. The number of rotatable bonds is 6. The van der Waals surface area contributed by atoms with E-state index in [2.05, 4.69) is 26.1 Å². The molecule has 4 heteroatoms. The summed E-state index contributed by atoms with van der Waals surface area (Å²) in [5.41, 5.74) is 0.760. The number of benzene rings is 1. The Bertz CT molecular complexity index is 394. The lowest BCUT2D eigenvalue weighted by molar-refractivity contribution is 0.366. The lowest BCUT2D eigenvalue weighted by Gasteiger charge is -2.17. The molecule has 0 aliphatic heterocycles. The van der Waals surface area contributed by atoms with Crippen molar-refractivity contribution in [3.8, 4) is 11.5 Å². The minimum absolute atomic E-state index is 0.159. The Morgan fingerprint density at radius 2 is 2.00 bits per heavy atom. The fourth-order valence-corrected chi connectivity index (χ4v) is 1.82. The molecule has 102 valence electrons. The topological polar surface area (TPSA) is 41.5 Å². The van der Waals surface area contributed by atoms with E-state index in [1.807, 2.05) is 0 Å². The van der Waals surface area contributed by atoms with E-state index in [0.717, 1.165) is 12.1 Å². The Hall–Kier alpha value is -0.930. The molecule has 0 amide bonds. The molecule has 0 aromatic heterocycles. The smallest absolute Gasteiger partial charge is 0.162 e. The molecular formula is C14H22ClNO2. The molecular weight excluding hydrogens is 250 g/mol. The Balaban J connectivity index is 2.65. The predicted molar refractivity (Wildman–Crippen MR) is 75.4 cm³/mol. The van der Waals surface area contributed by atoms with Crippen LogP contribution in [0.15, 0.2) is 12.1 Å². The van der Waals surface area contributed by atoms with Crippen LogP contribution in [0.2, 0.25) is 5.02 Å². The Morgan fingerprint density at radius 3 is 2.56 bits per heavy atom. The molecule has 1 rings (SSSR count). The number of nitrogens with one attached hydrogen (secondary N) is 1. The summed E-state index contributed by atoms with van der Waals surface area (Å²) in [7, 11) is 1.52. The van der Waals surface area contributed by atoms with Crippen molar-refractivity contribution in [2.75, 3.05) is 13.7 Å². The molecule has 18 heavy (non-hydrogen) atoms. The van der Waals surface area contributed by atoms with E-state index in [9.17, 15) is 5.11 Å². The van der Waals surface area contributed by atoms with Gasteiger partial charge in [-0.15, -0.1) is 0 Å². The number of aromatic hydroxyl groups is 1. The van der Waals surface area contributed by atoms with Crippen LogP contribution in [0, 0.1) is 11.8 Å². The molecule has 0 heterocycles. The molecule has 0 radical (unpaired) electrons. The van der Waals surface area contributed by atoms with Gasteiger partial charge in [-0.2, -0.15) is 0 Å². The highest BCUT2D eigenvalue weighted by atomic mass is 35.5. The van der Waals surface area contributed by atoms with Crippen molar-refractivity contribution in [2.24, 2.45) is 11.8 Å². The highest BCUT2D eigenvalue weighted by Gasteiger charge is 2.11. The summed E-state index contributed by atoms with van der Waals surface area (Å²) in [5, 5.41) is 13.9. The Labute approximate surface area is 114 Å². The van der Waals surface area contributed by atoms with Gasteiger partial charge in [0.15, 0.2) is 11.5 Å². The molecule has 1 unspecified atom stereocenters. The molecule has 1 aromatic rings. The quantitative estimate of drug-likeness (QED) is 0.833. The van der Waals surface area contributed by atoms with E-state index in [1.165, 1.54) is 7.11 Å². The minimum atomic E-state index is 0.159. The maximum Gasteiger partial charge on any atom is 0.162 e. The first-order valence-corrected chi connectivity index (χ1v) is 6.59. The first kappa shape index (κ1) is 15.1. The van der Waals surface area contributed by atoms with Crippen LogP contribution in [0.5, 0.6) is 11.5 Å². The number of hydrogen-bond acceptors (Lipinski definition) is 3. The Kier molecular flexibility index (Phi) is 5.76. The summed E-state index contributed by atoms with van der Waals surface area (Å²) in [6, 6.07) is 3.36. The van der Waals surface area contributed by atoms with E-state index in [1.54, 1.807) is 12.1 Å². The highest BCUT2D eigenvalue weighted by Crippen LogP contribution is 2.33. The molecule has 0 aliphatic rings. The van der Waals surface area contributed by atoms with Gasteiger partial charge in [-0.3, -0.25) is 0 Å². The Morgan fingerprint density at radius 1 is 1.33 bits per heavy atom. The summed E-state index contributed by atoms with van der Waals surface area (Å²) >= 11 is 5.97. The van der Waals surface area contributed by atoms with Gasteiger partial charge in [-0.1, -0.05) is 32.4 Å². The van der Waals surface area contributed by atoms with Crippen LogP contribution in [0.1, 0.15) is 26.3 Å². The van der Waals surface area contributed by atoms with Crippen molar-refractivity contribution in [3.05, 3.63) is 22.7 Å². The molecule has 0 spiro atoms. The van der Waals surface area contributed by atoms with Crippen molar-refractivity contribution >= 4 is 11.6 Å². The molecule has 2 N–H and O–H groups in total. The maximum absolute atomic E-state index is 9.96. The predicted octanol–water partition coefficient (Wildman–Crippen LogP) is 3.44. The van der Waals surface area contributed by atoms with Gasteiger partial charge in [-0.05, 0) is 24.4 Å². The summed E-state index contributed by atoms with van der Waals surface area (Å²) in [6.07, 6.45) is 0. The van der Waals surface area contributed by atoms with Gasteiger partial charge in [0.1, 0.15) is 0 Å². The second-order valence-corrected chi connectivity index (χ2v) is 5.40. The molecule has 3 nitrogen and oxygen atoms in total. The van der Waals surface area contributed by atoms with E-state index in [4.69, 9.17) is 16.3 Å². The third-order valence-corrected chi connectivity index (χ3v) is 3.48. The van der Waals surface area contributed by atoms with Crippen LogP contribution < -0.4 is 10.1 Å². The van der Waals surface area contributed by atoms with E-state index < -0.39 is 0 Å². The molecule has 0 saturated carbocycles. The average molecular weight is 272 g/mol. The fraction of sp³-hybridized carbons (Fsp3) is 0.571. The lowest BCUT2D eigenvalue weighted by Crippen LogP contribution is -2.23. The molecule has 1 aromatic carbocycles. The van der Waals surface area contributed by atoms with Gasteiger partial charge in [0.05, 0.1) is 7.11 Å². The average Bonchev–Trinajstić information content (AvgIpc) is 2.32. The maximum atomic E-state index is 9.96.